The molecule has 1 aromatic heterocycles. The van der Waals surface area contributed by atoms with Crippen LogP contribution in [0.15, 0.2) is 53.7 Å². The predicted molar refractivity (Wildman–Crippen MR) is 110 cm³/mol. The number of aryl methyl sites for hydroxylation is 1. The van der Waals surface area contributed by atoms with Crippen LogP contribution in [0.3, 0.4) is 0 Å². The summed E-state index contributed by atoms with van der Waals surface area (Å²) in [4.78, 5) is 29.5. The highest BCUT2D eigenvalue weighted by atomic mass is 16.2. The van der Waals surface area contributed by atoms with Crippen LogP contribution in [0.25, 0.3) is 0 Å². The number of carbonyl (C=O) groups is 2. The summed E-state index contributed by atoms with van der Waals surface area (Å²) in [6, 6.07) is 13.1. The molecule has 3 rings (SSSR count). The third kappa shape index (κ3) is 5.81. The van der Waals surface area contributed by atoms with Crippen molar-refractivity contribution in [2.45, 2.75) is 51.5 Å². The molecule has 1 aromatic carbocycles. The minimum atomic E-state index is -0.319. The van der Waals surface area contributed by atoms with Crippen molar-refractivity contribution in [3.8, 4) is 0 Å². The Morgan fingerprint density at radius 2 is 1.86 bits per heavy atom. The number of benzene rings is 1. The fraction of sp³-hybridized carbons (Fsp3) is 0.409. The van der Waals surface area contributed by atoms with Gasteiger partial charge in [0, 0.05) is 24.8 Å². The van der Waals surface area contributed by atoms with Gasteiger partial charge in [-0.3, -0.25) is 14.4 Å². The van der Waals surface area contributed by atoms with Crippen LogP contribution >= 0.6 is 0 Å². The molecular weight excluding hydrogens is 352 g/mol. The van der Waals surface area contributed by atoms with Crippen molar-refractivity contribution >= 4 is 17.6 Å². The number of para-hydroxylation sites is 1. The number of pyridine rings is 1. The molecule has 1 aliphatic carbocycles. The van der Waals surface area contributed by atoms with Crippen molar-refractivity contribution in [2.75, 3.05) is 11.9 Å². The van der Waals surface area contributed by atoms with Gasteiger partial charge in [0.25, 0.3) is 0 Å². The van der Waals surface area contributed by atoms with Gasteiger partial charge in [0.1, 0.15) is 5.49 Å². The van der Waals surface area contributed by atoms with Crippen LogP contribution in [0, 0.1) is 6.92 Å². The first-order chi connectivity index (χ1) is 13.6. The van der Waals surface area contributed by atoms with E-state index in [0.717, 1.165) is 18.4 Å². The van der Waals surface area contributed by atoms with Crippen molar-refractivity contribution < 1.29 is 9.59 Å². The van der Waals surface area contributed by atoms with E-state index in [4.69, 9.17) is 4.99 Å². The maximum absolute atomic E-state index is 12.7. The molecule has 6 nitrogen and oxygen atoms in total. The second kappa shape index (κ2) is 9.88. The summed E-state index contributed by atoms with van der Waals surface area (Å²) < 4.78 is 1.61. The fourth-order valence-corrected chi connectivity index (χ4v) is 3.40. The summed E-state index contributed by atoms with van der Waals surface area (Å²) in [5.41, 5.74) is 2.51. The standard InChI is InChI=1S/C22H28N4O2/c1-17-13-15-26(20(16-17)24-18-8-4-2-5-9-18)21(27)12-14-23-22(28)25-19-10-6-3-7-11-19/h3,6-7,10-11,13,15-16,18H,2,4-5,8-9,12,14H2,1H3,(H2,23,25,28). The summed E-state index contributed by atoms with van der Waals surface area (Å²) in [6.07, 6.45) is 7.84. The van der Waals surface area contributed by atoms with Gasteiger partial charge in [0.2, 0.25) is 5.91 Å². The molecule has 2 N–H and O–H groups in total. The Morgan fingerprint density at radius 3 is 2.61 bits per heavy atom. The lowest BCUT2D eigenvalue weighted by Crippen LogP contribution is -2.34. The Balaban J connectivity index is 1.59. The number of carbonyl (C=O) groups excluding carboxylic acids is 2. The fourth-order valence-electron chi connectivity index (χ4n) is 3.40. The SMILES string of the molecule is Cc1ccn(C(=O)CCNC(=O)Nc2ccccc2)c(=NC2CCCCC2)c1. The molecule has 0 bridgehead atoms. The smallest absolute Gasteiger partial charge is 0.319 e. The van der Waals surface area contributed by atoms with Crippen LogP contribution in [0.2, 0.25) is 0 Å². The Bertz CT molecular complexity index is 868. The molecule has 2 amide bonds. The first-order valence-electron chi connectivity index (χ1n) is 9.98. The molecule has 148 valence electrons. The average Bonchev–Trinajstić information content (AvgIpc) is 2.69. The Labute approximate surface area is 165 Å². The Morgan fingerprint density at radius 1 is 1.11 bits per heavy atom. The lowest BCUT2D eigenvalue weighted by atomic mass is 9.96. The van der Waals surface area contributed by atoms with E-state index in [1.54, 1.807) is 10.8 Å². The van der Waals surface area contributed by atoms with E-state index in [-0.39, 0.29) is 24.9 Å². The highest BCUT2D eigenvalue weighted by Gasteiger charge is 2.13. The maximum atomic E-state index is 12.7. The quantitative estimate of drug-likeness (QED) is 0.826. The lowest BCUT2D eigenvalue weighted by molar-refractivity contribution is 0.0898. The number of hydrogen-bond donors (Lipinski definition) is 2. The molecule has 6 heteroatoms. The molecule has 0 radical (unpaired) electrons. The number of anilines is 1. The van der Waals surface area contributed by atoms with Crippen LogP contribution in [0.5, 0.6) is 0 Å². The number of aromatic nitrogens is 1. The van der Waals surface area contributed by atoms with E-state index < -0.39 is 0 Å². The number of hydrogen-bond acceptors (Lipinski definition) is 3. The van der Waals surface area contributed by atoms with Gasteiger partial charge >= 0.3 is 6.03 Å². The van der Waals surface area contributed by atoms with Crippen molar-refractivity contribution in [3.63, 3.8) is 0 Å². The molecule has 0 saturated heterocycles. The molecule has 0 aliphatic heterocycles. The zero-order chi connectivity index (χ0) is 19.8. The monoisotopic (exact) mass is 380 g/mol. The normalized spacial score (nSPS) is 15.2. The molecular formula is C22H28N4O2. The molecule has 1 fully saturated rings. The highest BCUT2D eigenvalue weighted by molar-refractivity contribution is 5.89. The largest absolute Gasteiger partial charge is 0.337 e. The van der Waals surface area contributed by atoms with E-state index >= 15 is 0 Å². The molecule has 1 heterocycles. The number of amides is 2. The number of urea groups is 1. The van der Waals surface area contributed by atoms with Crippen molar-refractivity contribution in [1.29, 1.82) is 0 Å². The predicted octanol–water partition coefficient (Wildman–Crippen LogP) is 3.88. The molecule has 0 atom stereocenters. The van der Waals surface area contributed by atoms with Gasteiger partial charge in [-0.15, -0.1) is 0 Å². The summed E-state index contributed by atoms with van der Waals surface area (Å²) in [5.74, 6) is -0.0745. The summed E-state index contributed by atoms with van der Waals surface area (Å²) in [7, 11) is 0. The average molecular weight is 380 g/mol. The van der Waals surface area contributed by atoms with E-state index in [0.29, 0.717) is 17.2 Å². The van der Waals surface area contributed by atoms with Gasteiger partial charge in [-0.05, 0) is 49.6 Å². The van der Waals surface area contributed by atoms with E-state index in [1.165, 1.54) is 19.3 Å². The highest BCUT2D eigenvalue weighted by Crippen LogP contribution is 2.19. The van der Waals surface area contributed by atoms with Crippen molar-refractivity contribution in [1.82, 2.24) is 9.88 Å². The van der Waals surface area contributed by atoms with Crippen LogP contribution in [0.1, 0.15) is 48.9 Å². The second-order valence-corrected chi connectivity index (χ2v) is 7.24. The topological polar surface area (TPSA) is 75.5 Å². The third-order valence-electron chi connectivity index (χ3n) is 4.90. The van der Waals surface area contributed by atoms with Gasteiger partial charge in [0.15, 0.2) is 0 Å². The van der Waals surface area contributed by atoms with E-state index in [9.17, 15) is 9.59 Å². The van der Waals surface area contributed by atoms with Gasteiger partial charge in [-0.2, -0.15) is 0 Å². The molecule has 1 aliphatic rings. The number of rotatable bonds is 5. The zero-order valence-corrected chi connectivity index (χ0v) is 16.4. The van der Waals surface area contributed by atoms with Crippen LogP contribution in [-0.4, -0.2) is 29.1 Å². The van der Waals surface area contributed by atoms with Crippen LogP contribution in [0.4, 0.5) is 10.5 Å². The minimum Gasteiger partial charge on any atom is -0.337 e. The van der Waals surface area contributed by atoms with Gasteiger partial charge < -0.3 is 10.6 Å². The molecule has 1 saturated carbocycles. The van der Waals surface area contributed by atoms with Crippen LogP contribution in [-0.2, 0) is 0 Å². The van der Waals surface area contributed by atoms with Gasteiger partial charge in [-0.25, -0.2) is 4.79 Å². The third-order valence-corrected chi connectivity index (χ3v) is 4.90. The summed E-state index contributed by atoms with van der Waals surface area (Å²) in [5, 5.41) is 5.47. The summed E-state index contributed by atoms with van der Waals surface area (Å²) in [6.45, 7) is 2.27. The molecule has 0 unspecified atom stereocenters. The van der Waals surface area contributed by atoms with Crippen molar-refractivity contribution in [2.24, 2.45) is 4.99 Å². The van der Waals surface area contributed by atoms with E-state index in [1.807, 2.05) is 49.4 Å². The maximum Gasteiger partial charge on any atom is 0.319 e. The minimum absolute atomic E-state index is 0.0745. The molecule has 2 aromatic rings. The second-order valence-electron chi connectivity index (χ2n) is 7.24. The first kappa shape index (κ1) is 19.9. The summed E-state index contributed by atoms with van der Waals surface area (Å²) >= 11 is 0. The van der Waals surface area contributed by atoms with E-state index in [2.05, 4.69) is 10.6 Å². The number of nitrogens with zero attached hydrogens (tertiary/aromatic N) is 2. The first-order valence-corrected chi connectivity index (χ1v) is 9.98. The Kier molecular flexibility index (Phi) is 7.00. The molecule has 0 spiro atoms. The number of nitrogens with one attached hydrogen (secondary N) is 2. The van der Waals surface area contributed by atoms with Crippen LogP contribution < -0.4 is 16.1 Å². The lowest BCUT2D eigenvalue weighted by Gasteiger charge is -2.18. The van der Waals surface area contributed by atoms with Crippen molar-refractivity contribution in [3.05, 3.63) is 59.7 Å². The Hall–Kier alpha value is -2.89. The van der Waals surface area contributed by atoms with Gasteiger partial charge in [0.05, 0.1) is 6.04 Å². The van der Waals surface area contributed by atoms with Gasteiger partial charge in [-0.1, -0.05) is 37.5 Å². The zero-order valence-electron chi connectivity index (χ0n) is 16.4. The molecule has 28 heavy (non-hydrogen) atoms.